The minimum Gasteiger partial charge on any atom is -0.493 e. The van der Waals surface area contributed by atoms with Crippen LogP contribution in [0.5, 0.6) is 17.2 Å². The zero-order valence-electron chi connectivity index (χ0n) is 17.2. The maximum Gasteiger partial charge on any atom is 0.172 e. The molecule has 2 aliphatic rings. The summed E-state index contributed by atoms with van der Waals surface area (Å²) in [4.78, 5) is 0. The summed E-state index contributed by atoms with van der Waals surface area (Å²) in [6.45, 7) is 10.5. The van der Waals surface area contributed by atoms with Crippen molar-refractivity contribution in [3.63, 3.8) is 0 Å². The number of hydrogen-bond donors (Lipinski definition) is 1. The van der Waals surface area contributed by atoms with Crippen molar-refractivity contribution in [1.29, 1.82) is 0 Å². The molecular formula is C24H27NO3. The van der Waals surface area contributed by atoms with Crippen LogP contribution in [-0.4, -0.2) is 19.8 Å². The molecule has 146 valence electrons. The number of fused-ring (bicyclic) bond motifs is 5. The molecule has 1 unspecified atom stereocenters. The summed E-state index contributed by atoms with van der Waals surface area (Å²) in [5.74, 6) is 2.20. The van der Waals surface area contributed by atoms with Gasteiger partial charge in [-0.05, 0) is 50.1 Å². The van der Waals surface area contributed by atoms with E-state index < -0.39 is 0 Å². The fraction of sp³-hybridized carbons (Fsp3) is 0.333. The van der Waals surface area contributed by atoms with Gasteiger partial charge < -0.3 is 19.5 Å². The van der Waals surface area contributed by atoms with Crippen molar-refractivity contribution in [2.24, 2.45) is 0 Å². The lowest BCUT2D eigenvalue weighted by Crippen LogP contribution is -2.32. The lowest BCUT2D eigenvalue weighted by atomic mass is 9.81. The predicted molar refractivity (Wildman–Crippen MR) is 115 cm³/mol. The van der Waals surface area contributed by atoms with E-state index in [0.717, 1.165) is 29.0 Å². The monoisotopic (exact) mass is 377 g/mol. The van der Waals surface area contributed by atoms with E-state index in [-0.39, 0.29) is 11.6 Å². The van der Waals surface area contributed by atoms with Crippen LogP contribution in [0.1, 0.15) is 44.4 Å². The first kappa shape index (κ1) is 18.5. The van der Waals surface area contributed by atoms with Crippen LogP contribution in [-0.2, 0) is 0 Å². The van der Waals surface area contributed by atoms with Crippen LogP contribution in [0.3, 0.4) is 0 Å². The number of ether oxygens (including phenoxy) is 3. The van der Waals surface area contributed by atoms with Gasteiger partial charge in [-0.3, -0.25) is 0 Å². The highest BCUT2D eigenvalue weighted by Gasteiger charge is 2.35. The molecule has 0 saturated carbocycles. The molecule has 0 amide bonds. The molecule has 0 bridgehead atoms. The zero-order valence-corrected chi connectivity index (χ0v) is 17.2. The molecule has 2 aromatic rings. The fourth-order valence-corrected chi connectivity index (χ4v) is 4.49. The van der Waals surface area contributed by atoms with Crippen molar-refractivity contribution in [2.45, 2.75) is 38.8 Å². The second-order valence-electron chi connectivity index (χ2n) is 7.93. The van der Waals surface area contributed by atoms with Gasteiger partial charge >= 0.3 is 0 Å². The summed E-state index contributed by atoms with van der Waals surface area (Å²) >= 11 is 0. The van der Waals surface area contributed by atoms with E-state index in [0.29, 0.717) is 11.5 Å². The molecule has 4 rings (SSSR count). The van der Waals surface area contributed by atoms with Gasteiger partial charge in [0, 0.05) is 23.2 Å². The van der Waals surface area contributed by atoms with E-state index in [1.807, 2.05) is 18.2 Å². The molecule has 4 heteroatoms. The lowest BCUT2D eigenvalue weighted by molar-refractivity contribution is 0.204. The van der Waals surface area contributed by atoms with E-state index in [2.05, 4.69) is 50.9 Å². The molecule has 1 N–H and O–H groups in total. The van der Waals surface area contributed by atoms with Crippen molar-refractivity contribution in [3.8, 4) is 28.4 Å². The lowest BCUT2D eigenvalue weighted by Gasteiger charge is -2.37. The normalized spacial score (nSPS) is 18.5. The van der Waals surface area contributed by atoms with E-state index in [4.69, 9.17) is 14.2 Å². The van der Waals surface area contributed by atoms with Gasteiger partial charge in [0.1, 0.15) is 11.9 Å². The van der Waals surface area contributed by atoms with Crippen molar-refractivity contribution in [3.05, 3.63) is 54.1 Å². The summed E-state index contributed by atoms with van der Waals surface area (Å²) in [5.41, 5.74) is 6.74. The molecule has 0 radical (unpaired) electrons. The maximum absolute atomic E-state index is 6.45. The Balaban J connectivity index is 2.04. The predicted octanol–water partition coefficient (Wildman–Crippen LogP) is 5.99. The van der Waals surface area contributed by atoms with Crippen LogP contribution in [0, 0.1) is 0 Å². The highest BCUT2D eigenvalue weighted by atomic mass is 16.5. The smallest absolute Gasteiger partial charge is 0.172 e. The minimum atomic E-state index is -0.0978. The number of rotatable bonds is 4. The second-order valence-corrected chi connectivity index (χ2v) is 7.93. The summed E-state index contributed by atoms with van der Waals surface area (Å²) in [7, 11) is 3.32. The molecule has 2 aliphatic heterocycles. The summed E-state index contributed by atoms with van der Waals surface area (Å²) in [5, 5.41) is 3.64. The number of hydrogen-bond acceptors (Lipinski definition) is 4. The molecule has 2 heterocycles. The van der Waals surface area contributed by atoms with Gasteiger partial charge in [0.2, 0.25) is 0 Å². The van der Waals surface area contributed by atoms with Crippen LogP contribution in [0.15, 0.2) is 43.0 Å². The second kappa shape index (κ2) is 6.62. The first-order valence-electron chi connectivity index (χ1n) is 9.58. The molecule has 0 aliphatic carbocycles. The largest absolute Gasteiger partial charge is 0.493 e. The standard InChI is InChI=1S/C24H27NO3/c1-7-8-17-21-15(9-10-16-20(21)14(2)13-24(3,4)25-16)22-18(28-17)11-12-19(26-5)23(22)27-6/h7,9-13,17,25H,1,8H2,2-6H3. The highest BCUT2D eigenvalue weighted by molar-refractivity contribution is 5.92. The molecule has 28 heavy (non-hydrogen) atoms. The Hall–Kier alpha value is -2.88. The first-order chi connectivity index (χ1) is 13.4. The van der Waals surface area contributed by atoms with Crippen molar-refractivity contribution < 1.29 is 14.2 Å². The van der Waals surface area contributed by atoms with Gasteiger partial charge in [-0.15, -0.1) is 6.58 Å². The van der Waals surface area contributed by atoms with Gasteiger partial charge in [-0.25, -0.2) is 0 Å². The Bertz CT molecular complexity index is 988. The van der Waals surface area contributed by atoms with Gasteiger partial charge in [0.25, 0.3) is 0 Å². The molecule has 0 fully saturated rings. The Morgan fingerprint density at radius 1 is 1.14 bits per heavy atom. The third-order valence-electron chi connectivity index (χ3n) is 5.42. The fourth-order valence-electron chi connectivity index (χ4n) is 4.49. The van der Waals surface area contributed by atoms with Crippen LogP contribution in [0.25, 0.3) is 16.7 Å². The minimum absolute atomic E-state index is 0.0897. The van der Waals surface area contributed by atoms with Crippen molar-refractivity contribution >= 4 is 11.3 Å². The van der Waals surface area contributed by atoms with E-state index in [1.165, 1.54) is 16.7 Å². The van der Waals surface area contributed by atoms with Crippen molar-refractivity contribution in [2.75, 3.05) is 19.5 Å². The van der Waals surface area contributed by atoms with E-state index >= 15 is 0 Å². The Morgan fingerprint density at radius 3 is 2.61 bits per heavy atom. The number of allylic oxidation sites excluding steroid dienone is 1. The Kier molecular flexibility index (Phi) is 4.37. The van der Waals surface area contributed by atoms with Crippen LogP contribution in [0.2, 0.25) is 0 Å². The highest BCUT2D eigenvalue weighted by Crippen LogP contribution is 2.54. The van der Waals surface area contributed by atoms with Gasteiger partial charge in [-0.2, -0.15) is 0 Å². The van der Waals surface area contributed by atoms with E-state index in [9.17, 15) is 0 Å². The molecule has 0 aromatic heterocycles. The quantitative estimate of drug-likeness (QED) is 0.665. The molecule has 1 atom stereocenters. The summed E-state index contributed by atoms with van der Waals surface area (Å²) in [6.07, 6.45) is 4.82. The Labute approximate surface area is 166 Å². The SMILES string of the molecule is C=CCC1Oc2ccc(OC)c(OC)c2-c2ccc3c(c21)C(C)=CC(C)(C)N3. The van der Waals surface area contributed by atoms with Gasteiger partial charge in [0.05, 0.1) is 25.3 Å². The third kappa shape index (κ3) is 2.75. The maximum atomic E-state index is 6.45. The van der Waals surface area contributed by atoms with Crippen molar-refractivity contribution in [1.82, 2.24) is 0 Å². The average molecular weight is 377 g/mol. The first-order valence-corrected chi connectivity index (χ1v) is 9.58. The number of nitrogens with one attached hydrogen (secondary N) is 1. The van der Waals surface area contributed by atoms with Gasteiger partial charge in [0.15, 0.2) is 11.5 Å². The third-order valence-corrected chi connectivity index (χ3v) is 5.42. The topological polar surface area (TPSA) is 39.7 Å². The molecule has 4 nitrogen and oxygen atoms in total. The summed E-state index contributed by atoms with van der Waals surface area (Å²) < 4.78 is 17.7. The molecule has 2 aromatic carbocycles. The molecular weight excluding hydrogens is 350 g/mol. The number of benzene rings is 2. The van der Waals surface area contributed by atoms with Crippen LogP contribution >= 0.6 is 0 Å². The molecule has 0 saturated heterocycles. The average Bonchev–Trinajstić information content (AvgIpc) is 2.65. The Morgan fingerprint density at radius 2 is 1.93 bits per heavy atom. The number of methoxy groups -OCH3 is 2. The van der Waals surface area contributed by atoms with Crippen LogP contribution < -0.4 is 19.5 Å². The van der Waals surface area contributed by atoms with E-state index in [1.54, 1.807) is 14.2 Å². The van der Waals surface area contributed by atoms with Gasteiger partial charge in [-0.1, -0.05) is 18.2 Å². The summed E-state index contributed by atoms with van der Waals surface area (Å²) in [6, 6.07) is 8.17. The van der Waals surface area contributed by atoms with Crippen LogP contribution in [0.4, 0.5) is 5.69 Å². The zero-order chi connectivity index (χ0) is 20.1. The molecule has 0 spiro atoms. The number of anilines is 1.